The number of rotatable bonds is 10. The quantitative estimate of drug-likeness (QED) is 0.622. The van der Waals surface area contributed by atoms with Gasteiger partial charge in [0.2, 0.25) is 0 Å². The highest BCUT2D eigenvalue weighted by Crippen LogP contribution is 2.27. The Bertz CT molecular complexity index is 458. The SMILES string of the molecule is CCN(CC)CCOC(=O)CCc1ccc(OC)c(OC)c1. The molecule has 0 bridgehead atoms. The van der Waals surface area contributed by atoms with E-state index in [1.165, 1.54) is 0 Å². The molecule has 0 saturated heterocycles. The first-order valence-corrected chi connectivity index (χ1v) is 7.73. The average molecular weight is 309 g/mol. The Labute approximate surface area is 133 Å². The van der Waals surface area contributed by atoms with Crippen molar-refractivity contribution in [3.05, 3.63) is 23.8 Å². The van der Waals surface area contributed by atoms with Crippen molar-refractivity contribution >= 4 is 5.97 Å². The highest BCUT2D eigenvalue weighted by Gasteiger charge is 2.08. The number of ether oxygens (including phenoxy) is 3. The zero-order chi connectivity index (χ0) is 16.4. The molecule has 22 heavy (non-hydrogen) atoms. The first-order valence-electron chi connectivity index (χ1n) is 7.73. The van der Waals surface area contributed by atoms with Crippen LogP contribution in [0.15, 0.2) is 18.2 Å². The average Bonchev–Trinajstić information content (AvgIpc) is 2.56. The van der Waals surface area contributed by atoms with E-state index in [0.717, 1.165) is 25.2 Å². The molecule has 0 heterocycles. The number of methoxy groups -OCH3 is 2. The van der Waals surface area contributed by atoms with Crippen LogP contribution in [-0.4, -0.2) is 51.3 Å². The molecule has 0 spiro atoms. The smallest absolute Gasteiger partial charge is 0.306 e. The minimum absolute atomic E-state index is 0.165. The first-order chi connectivity index (χ1) is 10.6. The Balaban J connectivity index is 2.38. The third-order valence-electron chi connectivity index (χ3n) is 3.63. The molecule has 0 radical (unpaired) electrons. The second-order valence-corrected chi connectivity index (χ2v) is 4.94. The zero-order valence-electron chi connectivity index (χ0n) is 14.1. The van der Waals surface area contributed by atoms with Crippen molar-refractivity contribution in [3.8, 4) is 11.5 Å². The lowest BCUT2D eigenvalue weighted by atomic mass is 10.1. The standard InChI is InChI=1S/C17H27NO4/c1-5-18(6-2)11-12-22-17(19)10-8-14-7-9-15(20-3)16(13-14)21-4/h7,9,13H,5-6,8,10-12H2,1-4H3. The van der Waals surface area contributed by atoms with Crippen molar-refractivity contribution in [1.82, 2.24) is 4.90 Å². The maximum absolute atomic E-state index is 11.8. The molecule has 0 aliphatic carbocycles. The molecule has 1 aromatic rings. The Morgan fingerprint density at radius 3 is 2.36 bits per heavy atom. The summed E-state index contributed by atoms with van der Waals surface area (Å²) in [7, 11) is 3.20. The number of likely N-dealkylation sites (N-methyl/N-ethyl adjacent to an activating group) is 1. The predicted octanol–water partition coefficient (Wildman–Crippen LogP) is 2.52. The van der Waals surface area contributed by atoms with Crippen LogP contribution in [-0.2, 0) is 16.0 Å². The van der Waals surface area contributed by atoms with Crippen LogP contribution in [0.2, 0.25) is 0 Å². The number of aryl methyl sites for hydroxylation is 1. The van der Waals surface area contributed by atoms with E-state index in [1.807, 2.05) is 18.2 Å². The summed E-state index contributed by atoms with van der Waals surface area (Å²) in [4.78, 5) is 14.0. The van der Waals surface area contributed by atoms with Crippen molar-refractivity contribution in [2.45, 2.75) is 26.7 Å². The van der Waals surface area contributed by atoms with Crippen LogP contribution in [0.3, 0.4) is 0 Å². The fourth-order valence-corrected chi connectivity index (χ4v) is 2.18. The number of carbonyl (C=O) groups is 1. The molecule has 124 valence electrons. The highest BCUT2D eigenvalue weighted by molar-refractivity contribution is 5.69. The number of carbonyl (C=O) groups excluding carboxylic acids is 1. The van der Waals surface area contributed by atoms with E-state index >= 15 is 0 Å². The van der Waals surface area contributed by atoms with Gasteiger partial charge in [0, 0.05) is 13.0 Å². The Hall–Kier alpha value is -1.75. The molecule has 0 atom stereocenters. The number of nitrogens with zero attached hydrogens (tertiary/aromatic N) is 1. The monoisotopic (exact) mass is 309 g/mol. The van der Waals surface area contributed by atoms with Gasteiger partial charge in [0.15, 0.2) is 11.5 Å². The summed E-state index contributed by atoms with van der Waals surface area (Å²) in [5, 5.41) is 0. The van der Waals surface area contributed by atoms with Gasteiger partial charge >= 0.3 is 5.97 Å². The van der Waals surface area contributed by atoms with Crippen LogP contribution in [0, 0.1) is 0 Å². The maximum Gasteiger partial charge on any atom is 0.306 e. The van der Waals surface area contributed by atoms with Crippen molar-refractivity contribution in [2.24, 2.45) is 0 Å². The van der Waals surface area contributed by atoms with Crippen molar-refractivity contribution in [1.29, 1.82) is 0 Å². The third kappa shape index (κ3) is 5.93. The maximum atomic E-state index is 11.8. The summed E-state index contributed by atoms with van der Waals surface area (Å²) in [6, 6.07) is 5.67. The summed E-state index contributed by atoms with van der Waals surface area (Å²) in [6.45, 7) is 7.38. The van der Waals surface area contributed by atoms with Gasteiger partial charge in [0.25, 0.3) is 0 Å². The van der Waals surface area contributed by atoms with Gasteiger partial charge in [0.1, 0.15) is 6.61 Å². The van der Waals surface area contributed by atoms with Gasteiger partial charge in [0.05, 0.1) is 14.2 Å². The van der Waals surface area contributed by atoms with Crippen LogP contribution in [0.25, 0.3) is 0 Å². The van der Waals surface area contributed by atoms with E-state index in [4.69, 9.17) is 14.2 Å². The summed E-state index contributed by atoms with van der Waals surface area (Å²) in [5.41, 5.74) is 1.03. The van der Waals surface area contributed by atoms with Crippen LogP contribution in [0.1, 0.15) is 25.8 Å². The Morgan fingerprint density at radius 2 is 1.77 bits per heavy atom. The topological polar surface area (TPSA) is 48.0 Å². The van der Waals surface area contributed by atoms with Crippen molar-refractivity contribution < 1.29 is 19.0 Å². The van der Waals surface area contributed by atoms with E-state index in [-0.39, 0.29) is 5.97 Å². The summed E-state index contributed by atoms with van der Waals surface area (Å²) in [5.74, 6) is 1.20. The fraction of sp³-hybridized carbons (Fsp3) is 0.588. The molecule has 0 N–H and O–H groups in total. The van der Waals surface area contributed by atoms with E-state index in [9.17, 15) is 4.79 Å². The molecule has 0 aliphatic rings. The number of benzene rings is 1. The lowest BCUT2D eigenvalue weighted by Crippen LogP contribution is -2.27. The largest absolute Gasteiger partial charge is 0.493 e. The Kier molecular flexibility index (Phi) is 8.36. The van der Waals surface area contributed by atoms with Gasteiger partial charge in [-0.3, -0.25) is 4.79 Å². The molecule has 1 rings (SSSR count). The fourth-order valence-electron chi connectivity index (χ4n) is 2.18. The van der Waals surface area contributed by atoms with Crippen molar-refractivity contribution in [2.75, 3.05) is 40.5 Å². The molecule has 0 fully saturated rings. The normalized spacial score (nSPS) is 10.6. The molecule has 0 aliphatic heterocycles. The van der Waals surface area contributed by atoms with Gasteiger partial charge in [-0.15, -0.1) is 0 Å². The molecule has 0 saturated carbocycles. The molecule has 5 nitrogen and oxygen atoms in total. The van der Waals surface area contributed by atoms with Gasteiger partial charge in [-0.1, -0.05) is 19.9 Å². The molecule has 0 amide bonds. The summed E-state index contributed by atoms with van der Waals surface area (Å²) < 4.78 is 15.7. The lowest BCUT2D eigenvalue weighted by molar-refractivity contribution is -0.144. The predicted molar refractivity (Wildman–Crippen MR) is 86.6 cm³/mol. The second-order valence-electron chi connectivity index (χ2n) is 4.94. The summed E-state index contributed by atoms with van der Waals surface area (Å²) >= 11 is 0. The molecule has 0 unspecified atom stereocenters. The van der Waals surface area contributed by atoms with Crippen LogP contribution in [0.4, 0.5) is 0 Å². The highest BCUT2D eigenvalue weighted by atomic mass is 16.5. The van der Waals surface area contributed by atoms with E-state index < -0.39 is 0 Å². The van der Waals surface area contributed by atoms with Crippen molar-refractivity contribution in [3.63, 3.8) is 0 Å². The second kappa shape index (κ2) is 10.1. The minimum atomic E-state index is -0.165. The molecule has 5 heteroatoms. The van der Waals surface area contributed by atoms with E-state index in [2.05, 4.69) is 18.7 Å². The van der Waals surface area contributed by atoms with Gasteiger partial charge in [-0.05, 0) is 37.2 Å². The first kappa shape index (κ1) is 18.3. The summed E-state index contributed by atoms with van der Waals surface area (Å²) in [6.07, 6.45) is 0.998. The van der Waals surface area contributed by atoms with E-state index in [1.54, 1.807) is 14.2 Å². The van der Waals surface area contributed by atoms with Crippen LogP contribution in [0.5, 0.6) is 11.5 Å². The van der Waals surface area contributed by atoms with Crippen LogP contribution >= 0.6 is 0 Å². The molecule has 0 aromatic heterocycles. The molecular weight excluding hydrogens is 282 g/mol. The number of esters is 1. The van der Waals surface area contributed by atoms with Gasteiger partial charge in [-0.25, -0.2) is 0 Å². The molecule has 1 aromatic carbocycles. The Morgan fingerprint density at radius 1 is 1.09 bits per heavy atom. The van der Waals surface area contributed by atoms with Gasteiger partial charge in [-0.2, -0.15) is 0 Å². The minimum Gasteiger partial charge on any atom is -0.493 e. The molecular formula is C17H27NO4. The van der Waals surface area contributed by atoms with Crippen LogP contribution < -0.4 is 9.47 Å². The zero-order valence-corrected chi connectivity index (χ0v) is 14.1. The number of hydrogen-bond donors (Lipinski definition) is 0. The third-order valence-corrected chi connectivity index (χ3v) is 3.63. The van der Waals surface area contributed by atoms with Gasteiger partial charge < -0.3 is 19.1 Å². The lowest BCUT2D eigenvalue weighted by Gasteiger charge is -2.17. The van der Waals surface area contributed by atoms with E-state index in [0.29, 0.717) is 30.9 Å². The number of hydrogen-bond acceptors (Lipinski definition) is 5.